The summed E-state index contributed by atoms with van der Waals surface area (Å²) in [6.07, 6.45) is 0.0121. The lowest BCUT2D eigenvalue weighted by molar-refractivity contribution is -0.362. The predicted octanol–water partition coefficient (Wildman–Crippen LogP) is 8.48. The Bertz CT molecular complexity index is 1460. The van der Waals surface area contributed by atoms with Crippen molar-refractivity contribution in [3.05, 3.63) is 156 Å². The van der Waals surface area contributed by atoms with Crippen LogP contribution in [0.2, 0.25) is 19.6 Å². The van der Waals surface area contributed by atoms with Crippen molar-refractivity contribution in [2.75, 3.05) is 6.61 Å². The van der Waals surface area contributed by atoms with E-state index in [0.29, 0.717) is 32.8 Å². The number of benzene rings is 4. The molecule has 6 nitrogen and oxygen atoms in total. The highest BCUT2D eigenvalue weighted by atomic mass is 28.4. The minimum absolute atomic E-state index is 0.277. The van der Waals surface area contributed by atoms with Gasteiger partial charge in [-0.2, -0.15) is 0 Å². The summed E-state index contributed by atoms with van der Waals surface area (Å²) in [6.45, 7) is 12.4. The Morgan fingerprint density at radius 1 is 0.617 bits per heavy atom. The molecule has 0 unspecified atom stereocenters. The quantitative estimate of drug-likeness (QED) is 0.0843. The highest BCUT2D eigenvalue weighted by Gasteiger charge is 2.58. The van der Waals surface area contributed by atoms with Crippen molar-refractivity contribution in [2.45, 2.75) is 82.7 Å². The van der Waals surface area contributed by atoms with Gasteiger partial charge in [0, 0.05) is 6.42 Å². The summed E-state index contributed by atoms with van der Waals surface area (Å²) in [7, 11) is -2.22. The van der Waals surface area contributed by atoms with Gasteiger partial charge < -0.3 is 28.1 Å². The van der Waals surface area contributed by atoms with E-state index in [4.69, 9.17) is 28.1 Å². The lowest BCUT2D eigenvalue weighted by Crippen LogP contribution is -2.69. The Morgan fingerprint density at radius 3 is 1.49 bits per heavy atom. The number of rotatable bonds is 17. The standard InChI is InChI=1S/C40H48O6Si/c1-5-26-40(46-47(2,3)4)39(44-30-35-24-16-9-17-25-35)38(43-29-34-22-14-8-15-23-34)37(42-28-33-20-12-7-13-21-33)36(45-40)31-41-27-32-18-10-6-11-19-32/h5-25,36-39H,1,26-31H2,2-4H3/t36-,37-,38+,39-,40-/m1/s1. The van der Waals surface area contributed by atoms with Gasteiger partial charge in [0.15, 0.2) is 14.1 Å². The number of hydrogen-bond donors (Lipinski definition) is 0. The first-order chi connectivity index (χ1) is 22.9. The van der Waals surface area contributed by atoms with E-state index in [-0.39, 0.29) is 6.61 Å². The first kappa shape index (κ1) is 34.9. The summed E-state index contributed by atoms with van der Waals surface area (Å²) >= 11 is 0. The second-order valence-corrected chi connectivity index (χ2v) is 17.3. The highest BCUT2D eigenvalue weighted by Crippen LogP contribution is 2.41. The van der Waals surface area contributed by atoms with Gasteiger partial charge in [0.1, 0.15) is 24.4 Å². The summed E-state index contributed by atoms with van der Waals surface area (Å²) in [5, 5.41) is 0. The van der Waals surface area contributed by atoms with Gasteiger partial charge in [-0.25, -0.2) is 0 Å². The molecular weight excluding hydrogens is 605 g/mol. The number of ether oxygens (including phenoxy) is 5. The van der Waals surface area contributed by atoms with Crippen molar-refractivity contribution in [1.29, 1.82) is 0 Å². The minimum Gasteiger partial charge on any atom is -0.389 e. The summed E-state index contributed by atoms with van der Waals surface area (Å²) in [5.41, 5.74) is 4.24. The van der Waals surface area contributed by atoms with Gasteiger partial charge in [0.25, 0.3) is 0 Å². The molecular formula is C40H48O6Si. The van der Waals surface area contributed by atoms with Crippen molar-refractivity contribution < 1.29 is 28.1 Å². The van der Waals surface area contributed by atoms with Gasteiger partial charge in [0.05, 0.1) is 33.0 Å². The Hall–Kier alpha value is -3.40. The van der Waals surface area contributed by atoms with Crippen LogP contribution in [0.15, 0.2) is 134 Å². The molecule has 4 aromatic carbocycles. The third-order valence-electron chi connectivity index (χ3n) is 7.92. The van der Waals surface area contributed by atoms with Crippen LogP contribution in [-0.2, 0) is 54.5 Å². The molecule has 1 aliphatic rings. The minimum atomic E-state index is -2.22. The van der Waals surface area contributed by atoms with Crippen LogP contribution in [-0.4, -0.2) is 45.1 Å². The SMILES string of the molecule is C=CC[C@]1(O[Si](C)(C)C)O[C@H](COCc2ccccc2)[C@@H](OCc2ccccc2)[C@H](OCc2ccccc2)[C@H]1OCc1ccccc1. The molecule has 0 saturated carbocycles. The van der Waals surface area contributed by atoms with Crippen LogP contribution >= 0.6 is 0 Å². The molecule has 5 atom stereocenters. The third-order valence-corrected chi connectivity index (χ3v) is 8.88. The van der Waals surface area contributed by atoms with Gasteiger partial charge in [-0.15, -0.1) is 6.58 Å². The average molecular weight is 653 g/mol. The molecule has 1 aliphatic heterocycles. The zero-order valence-electron chi connectivity index (χ0n) is 27.8. The summed E-state index contributed by atoms with van der Waals surface area (Å²) in [6, 6.07) is 40.6. The monoisotopic (exact) mass is 652 g/mol. The molecule has 0 spiro atoms. The van der Waals surface area contributed by atoms with Crippen LogP contribution in [0.4, 0.5) is 0 Å². The molecule has 1 fully saturated rings. The fourth-order valence-electron chi connectivity index (χ4n) is 5.93. The van der Waals surface area contributed by atoms with E-state index >= 15 is 0 Å². The fraction of sp³-hybridized carbons (Fsp3) is 0.350. The summed E-state index contributed by atoms with van der Waals surface area (Å²) < 4.78 is 41.0. The zero-order chi connectivity index (χ0) is 33.0. The summed E-state index contributed by atoms with van der Waals surface area (Å²) in [5.74, 6) is -1.17. The van der Waals surface area contributed by atoms with Crippen LogP contribution in [0.3, 0.4) is 0 Å². The molecule has 4 aromatic rings. The normalized spacial score (nSPS) is 23.0. The second kappa shape index (κ2) is 17.1. The maximum absolute atomic E-state index is 7.10. The van der Waals surface area contributed by atoms with Crippen LogP contribution < -0.4 is 0 Å². The molecule has 0 aliphatic carbocycles. The molecule has 0 amide bonds. The van der Waals surface area contributed by atoms with Gasteiger partial charge in [-0.3, -0.25) is 0 Å². The molecule has 0 radical (unpaired) electrons. The predicted molar refractivity (Wildman–Crippen MR) is 188 cm³/mol. The van der Waals surface area contributed by atoms with Crippen molar-refractivity contribution in [3.8, 4) is 0 Å². The Morgan fingerprint density at radius 2 is 1.04 bits per heavy atom. The van der Waals surface area contributed by atoms with Crippen molar-refractivity contribution >= 4 is 8.32 Å². The molecule has 1 heterocycles. The fourth-order valence-corrected chi connectivity index (χ4v) is 7.21. The average Bonchev–Trinajstić information content (AvgIpc) is 3.07. The van der Waals surface area contributed by atoms with Crippen LogP contribution in [0.1, 0.15) is 28.7 Å². The smallest absolute Gasteiger partial charge is 0.192 e. The third kappa shape index (κ3) is 10.3. The first-order valence-electron chi connectivity index (χ1n) is 16.4. The lowest BCUT2D eigenvalue weighted by Gasteiger charge is -2.54. The van der Waals surface area contributed by atoms with E-state index in [1.165, 1.54) is 0 Å². The molecule has 1 saturated heterocycles. The molecule has 248 valence electrons. The van der Waals surface area contributed by atoms with Gasteiger partial charge >= 0.3 is 0 Å². The Balaban J connectivity index is 1.53. The van der Waals surface area contributed by atoms with Crippen molar-refractivity contribution in [1.82, 2.24) is 0 Å². The van der Waals surface area contributed by atoms with E-state index in [2.05, 4.69) is 74.8 Å². The Kier molecular flexibility index (Phi) is 12.7. The van der Waals surface area contributed by atoms with Crippen LogP contribution in [0.25, 0.3) is 0 Å². The first-order valence-corrected chi connectivity index (χ1v) is 19.8. The van der Waals surface area contributed by atoms with Crippen LogP contribution in [0.5, 0.6) is 0 Å². The molecule has 47 heavy (non-hydrogen) atoms. The molecule has 0 bridgehead atoms. The van der Waals surface area contributed by atoms with Gasteiger partial charge in [-0.1, -0.05) is 127 Å². The largest absolute Gasteiger partial charge is 0.389 e. The topological polar surface area (TPSA) is 55.4 Å². The molecule has 5 rings (SSSR count). The van der Waals surface area contributed by atoms with E-state index < -0.39 is 38.5 Å². The van der Waals surface area contributed by atoms with Crippen molar-refractivity contribution in [2.24, 2.45) is 0 Å². The Labute approximate surface area is 281 Å². The number of hydrogen-bond acceptors (Lipinski definition) is 6. The second-order valence-electron chi connectivity index (χ2n) is 12.9. The zero-order valence-corrected chi connectivity index (χ0v) is 28.8. The van der Waals surface area contributed by atoms with Gasteiger partial charge in [0.2, 0.25) is 0 Å². The highest BCUT2D eigenvalue weighted by molar-refractivity contribution is 6.69. The maximum atomic E-state index is 7.10. The van der Waals surface area contributed by atoms with Crippen LogP contribution in [0, 0.1) is 0 Å². The van der Waals surface area contributed by atoms with E-state index in [9.17, 15) is 0 Å². The maximum Gasteiger partial charge on any atom is 0.192 e. The lowest BCUT2D eigenvalue weighted by atomic mass is 9.89. The molecule has 0 aromatic heterocycles. The van der Waals surface area contributed by atoms with Gasteiger partial charge in [-0.05, 0) is 41.9 Å². The van der Waals surface area contributed by atoms with E-state index in [1.54, 1.807) is 0 Å². The van der Waals surface area contributed by atoms with E-state index in [0.717, 1.165) is 22.3 Å². The van der Waals surface area contributed by atoms with Crippen molar-refractivity contribution in [3.63, 3.8) is 0 Å². The molecule has 7 heteroatoms. The summed E-state index contributed by atoms with van der Waals surface area (Å²) in [4.78, 5) is 0. The van der Waals surface area contributed by atoms with E-state index in [1.807, 2.05) is 78.9 Å². The molecule has 0 N–H and O–H groups in total.